The van der Waals surface area contributed by atoms with Crippen LogP contribution in [0, 0.1) is 5.92 Å². The van der Waals surface area contributed by atoms with E-state index in [2.05, 4.69) is 33.9 Å². The smallest absolute Gasteiger partial charge is 0.413 e. The molecule has 0 unspecified atom stereocenters. The molecule has 1 aromatic rings. The summed E-state index contributed by atoms with van der Waals surface area (Å²) < 4.78 is 23.4. The quantitative estimate of drug-likeness (QED) is 0.211. The molecule has 1 aliphatic heterocycles. The normalized spacial score (nSPS) is 20.0. The highest BCUT2D eigenvalue weighted by molar-refractivity contribution is 6.74. The molecule has 1 fully saturated rings. The van der Waals surface area contributed by atoms with E-state index in [1.54, 1.807) is 11.8 Å². The van der Waals surface area contributed by atoms with Gasteiger partial charge in [0.2, 0.25) is 0 Å². The average Bonchev–Trinajstić information content (AvgIpc) is 3.18. The van der Waals surface area contributed by atoms with Crippen molar-refractivity contribution >= 4 is 20.4 Å². The third-order valence-electron chi connectivity index (χ3n) is 6.57. The molecule has 1 aromatic carbocycles. The fraction of sp³-hybridized carbons (Fsp3) is 0.643. The number of hydrogen-bond donors (Lipinski definition) is 0. The Kier molecular flexibility index (Phi) is 10.3. The molecule has 7 nitrogen and oxygen atoms in total. The van der Waals surface area contributed by atoms with E-state index in [0.717, 1.165) is 5.56 Å². The standard InChI is InChI=1S/C28H45NO6Si/c1-10-32-25(30)18-21(19-34-36(8,9)28(5,6)7)16-17-24-29(26(31)35-27(2,3)4)23(20-33-24)22-14-12-11-13-15-22/h11-17,21,23-24H,10,18-20H2,1-9H3/t21-,23-,24+/m0/s1. The van der Waals surface area contributed by atoms with Gasteiger partial charge in [-0.15, -0.1) is 0 Å². The van der Waals surface area contributed by atoms with Crippen LogP contribution in [-0.4, -0.2) is 56.9 Å². The molecule has 202 valence electrons. The van der Waals surface area contributed by atoms with Crippen LogP contribution in [-0.2, 0) is 23.4 Å². The summed E-state index contributed by atoms with van der Waals surface area (Å²) in [5.41, 5.74) is 0.335. The van der Waals surface area contributed by atoms with Crippen LogP contribution in [0.15, 0.2) is 42.5 Å². The molecular formula is C28H45NO6Si. The average molecular weight is 520 g/mol. The Hall–Kier alpha value is -2.16. The first-order valence-electron chi connectivity index (χ1n) is 12.8. The number of rotatable bonds is 9. The van der Waals surface area contributed by atoms with E-state index in [-0.39, 0.29) is 29.4 Å². The minimum Gasteiger partial charge on any atom is -0.466 e. The minimum absolute atomic E-state index is 0.0518. The second-order valence-corrected chi connectivity index (χ2v) is 16.6. The van der Waals surface area contributed by atoms with Crippen molar-refractivity contribution in [3.63, 3.8) is 0 Å². The van der Waals surface area contributed by atoms with Gasteiger partial charge in [-0.3, -0.25) is 9.69 Å². The van der Waals surface area contributed by atoms with Crippen LogP contribution in [0.2, 0.25) is 18.1 Å². The van der Waals surface area contributed by atoms with Crippen molar-refractivity contribution in [3.8, 4) is 0 Å². The first-order valence-corrected chi connectivity index (χ1v) is 15.7. The number of esters is 1. The maximum atomic E-state index is 13.2. The number of hydrogen-bond acceptors (Lipinski definition) is 6. The molecule has 36 heavy (non-hydrogen) atoms. The Morgan fingerprint density at radius 1 is 1.14 bits per heavy atom. The van der Waals surface area contributed by atoms with Crippen molar-refractivity contribution in [2.24, 2.45) is 5.92 Å². The molecule has 2 rings (SSSR count). The van der Waals surface area contributed by atoms with Crippen molar-refractivity contribution in [3.05, 3.63) is 48.0 Å². The highest BCUT2D eigenvalue weighted by Crippen LogP contribution is 2.37. The number of ether oxygens (including phenoxy) is 3. The molecule has 1 saturated heterocycles. The van der Waals surface area contributed by atoms with Crippen molar-refractivity contribution in [2.75, 3.05) is 19.8 Å². The molecule has 1 heterocycles. The van der Waals surface area contributed by atoms with Crippen LogP contribution >= 0.6 is 0 Å². The molecule has 0 aromatic heterocycles. The zero-order valence-electron chi connectivity index (χ0n) is 23.5. The molecule has 8 heteroatoms. The second-order valence-electron chi connectivity index (χ2n) is 11.8. The van der Waals surface area contributed by atoms with Gasteiger partial charge in [0, 0.05) is 12.5 Å². The summed E-state index contributed by atoms with van der Waals surface area (Å²) in [7, 11) is -2.01. The Labute approximate surface area is 218 Å². The molecule has 0 N–H and O–H groups in total. The van der Waals surface area contributed by atoms with Gasteiger partial charge in [0.15, 0.2) is 14.5 Å². The minimum atomic E-state index is -2.01. The van der Waals surface area contributed by atoms with E-state index in [0.29, 0.717) is 19.8 Å². The second kappa shape index (κ2) is 12.4. The summed E-state index contributed by atoms with van der Waals surface area (Å²) in [6.45, 7) is 19.3. The van der Waals surface area contributed by atoms with Crippen LogP contribution in [0.3, 0.4) is 0 Å². The van der Waals surface area contributed by atoms with E-state index in [4.69, 9.17) is 18.6 Å². The van der Waals surface area contributed by atoms with Gasteiger partial charge in [-0.2, -0.15) is 0 Å². The lowest BCUT2D eigenvalue weighted by molar-refractivity contribution is -0.144. The number of amides is 1. The number of nitrogens with zero attached hydrogens (tertiary/aromatic N) is 1. The lowest BCUT2D eigenvalue weighted by atomic mass is 10.1. The van der Waals surface area contributed by atoms with Gasteiger partial charge < -0.3 is 18.6 Å². The largest absolute Gasteiger partial charge is 0.466 e. The maximum absolute atomic E-state index is 13.2. The monoisotopic (exact) mass is 519 g/mol. The van der Waals surface area contributed by atoms with E-state index in [1.165, 1.54) is 0 Å². The maximum Gasteiger partial charge on any atom is 0.413 e. The Morgan fingerprint density at radius 2 is 1.78 bits per heavy atom. The van der Waals surface area contributed by atoms with Gasteiger partial charge in [0.25, 0.3) is 0 Å². The lowest BCUT2D eigenvalue weighted by Crippen LogP contribution is -2.42. The molecule has 1 aliphatic rings. The van der Waals surface area contributed by atoms with Gasteiger partial charge in [-0.1, -0.05) is 57.2 Å². The Morgan fingerprint density at radius 3 is 2.33 bits per heavy atom. The van der Waals surface area contributed by atoms with E-state index in [9.17, 15) is 9.59 Å². The summed E-state index contributed by atoms with van der Waals surface area (Å²) in [5, 5.41) is 0.0518. The predicted molar refractivity (Wildman–Crippen MR) is 144 cm³/mol. The third-order valence-corrected chi connectivity index (χ3v) is 11.1. The number of benzene rings is 1. The van der Waals surface area contributed by atoms with Crippen molar-refractivity contribution in [2.45, 2.75) is 90.9 Å². The molecular weight excluding hydrogens is 474 g/mol. The summed E-state index contributed by atoms with van der Waals surface area (Å²) in [5.74, 6) is -0.484. The van der Waals surface area contributed by atoms with Gasteiger partial charge >= 0.3 is 12.1 Å². The van der Waals surface area contributed by atoms with Crippen molar-refractivity contribution in [1.82, 2.24) is 4.90 Å². The van der Waals surface area contributed by atoms with Crippen LogP contribution in [0.5, 0.6) is 0 Å². The lowest BCUT2D eigenvalue weighted by Gasteiger charge is -2.37. The third kappa shape index (κ3) is 8.75. The van der Waals surface area contributed by atoms with Crippen molar-refractivity contribution < 1.29 is 28.2 Å². The van der Waals surface area contributed by atoms with E-state index < -0.39 is 26.2 Å². The van der Waals surface area contributed by atoms with Crippen LogP contribution in [0.4, 0.5) is 4.79 Å². The van der Waals surface area contributed by atoms with Crippen LogP contribution < -0.4 is 0 Å². The molecule has 3 atom stereocenters. The summed E-state index contributed by atoms with van der Waals surface area (Å²) in [6.07, 6.45) is 2.89. The molecule has 0 spiro atoms. The van der Waals surface area contributed by atoms with Crippen LogP contribution in [0.25, 0.3) is 0 Å². The Balaban J connectivity index is 2.28. The molecule has 0 bridgehead atoms. The summed E-state index contributed by atoms with van der Waals surface area (Å²) >= 11 is 0. The van der Waals surface area contributed by atoms with Crippen molar-refractivity contribution in [1.29, 1.82) is 0 Å². The fourth-order valence-electron chi connectivity index (χ4n) is 3.55. The highest BCUT2D eigenvalue weighted by atomic mass is 28.4. The van der Waals surface area contributed by atoms with E-state index in [1.807, 2.05) is 63.3 Å². The topological polar surface area (TPSA) is 74.3 Å². The molecule has 0 saturated carbocycles. The predicted octanol–water partition coefficient (Wildman–Crippen LogP) is 6.47. The fourth-order valence-corrected chi connectivity index (χ4v) is 4.62. The SMILES string of the molecule is CCOC(=O)C[C@H](C=C[C@H]1OC[C@@H](c2ccccc2)N1C(=O)OC(C)(C)C)CO[Si](C)(C)C(C)(C)C. The summed E-state index contributed by atoms with van der Waals surface area (Å²) in [6, 6.07) is 9.51. The number of carbonyl (C=O) groups is 2. The van der Waals surface area contributed by atoms with Gasteiger partial charge in [0.05, 0.1) is 25.7 Å². The first-order chi connectivity index (χ1) is 16.6. The zero-order valence-corrected chi connectivity index (χ0v) is 24.5. The Bertz CT molecular complexity index is 888. The van der Waals surface area contributed by atoms with Gasteiger partial charge in [-0.05, 0) is 57.5 Å². The highest BCUT2D eigenvalue weighted by Gasteiger charge is 2.40. The molecule has 0 aliphatic carbocycles. The first kappa shape index (κ1) is 30.1. The van der Waals surface area contributed by atoms with Gasteiger partial charge in [-0.25, -0.2) is 4.79 Å². The zero-order chi connectivity index (χ0) is 27.1. The van der Waals surface area contributed by atoms with Crippen LogP contribution in [0.1, 0.15) is 66.5 Å². The molecule has 0 radical (unpaired) electrons. The molecule has 1 amide bonds. The number of carbonyl (C=O) groups excluding carboxylic acids is 2. The van der Waals surface area contributed by atoms with Gasteiger partial charge in [0.1, 0.15) is 5.60 Å². The summed E-state index contributed by atoms with van der Waals surface area (Å²) in [4.78, 5) is 27.2. The van der Waals surface area contributed by atoms with E-state index >= 15 is 0 Å².